The number of benzene rings is 2. The van der Waals surface area contributed by atoms with Crippen LogP contribution < -0.4 is 9.47 Å². The maximum Gasteiger partial charge on any atom is 0.238 e. The molecule has 1 unspecified atom stereocenters. The van der Waals surface area contributed by atoms with Gasteiger partial charge in [-0.25, -0.2) is 9.97 Å². The highest BCUT2D eigenvalue weighted by Crippen LogP contribution is 2.25. The number of nitrogens with zero attached hydrogens (tertiary/aromatic N) is 2. The van der Waals surface area contributed by atoms with Crippen molar-refractivity contribution in [3.05, 3.63) is 53.7 Å². The zero-order valence-electron chi connectivity index (χ0n) is 14.3. The van der Waals surface area contributed by atoms with Crippen LogP contribution in [0.3, 0.4) is 0 Å². The van der Waals surface area contributed by atoms with Crippen LogP contribution in [-0.4, -0.2) is 26.9 Å². The lowest BCUT2D eigenvalue weighted by Crippen LogP contribution is -2.21. The molecule has 0 amide bonds. The number of rotatable bonds is 6. The van der Waals surface area contributed by atoms with Crippen molar-refractivity contribution < 1.29 is 14.3 Å². The van der Waals surface area contributed by atoms with Gasteiger partial charge in [-0.05, 0) is 55.1 Å². The van der Waals surface area contributed by atoms with E-state index >= 15 is 0 Å². The van der Waals surface area contributed by atoms with Gasteiger partial charge in [0, 0.05) is 5.02 Å². The van der Waals surface area contributed by atoms with Crippen LogP contribution >= 0.6 is 23.4 Å². The molecule has 26 heavy (non-hydrogen) atoms. The molecule has 7 heteroatoms. The van der Waals surface area contributed by atoms with E-state index in [1.807, 2.05) is 6.92 Å². The number of carbonyl (C=O) groups is 1. The average molecular weight is 389 g/mol. The van der Waals surface area contributed by atoms with E-state index < -0.39 is 6.10 Å². The number of thioether (sulfide) groups is 1. The Morgan fingerprint density at radius 1 is 1.15 bits per heavy atom. The van der Waals surface area contributed by atoms with Gasteiger partial charge in [0.25, 0.3) is 0 Å². The monoisotopic (exact) mass is 388 g/mol. The fraction of sp³-hybridized carbons (Fsp3) is 0.211. The predicted octanol–water partition coefficient (Wildman–Crippen LogP) is 5.12. The Kier molecular flexibility index (Phi) is 5.96. The molecular weight excluding hydrogens is 372 g/mol. The standard InChI is InChI=1S/C19H17ClN2O3S/c1-3-26-19(23)12(2)24-14-5-7-15(8-6-14)25-18-11-21-17-10-13(20)4-9-16(17)22-18/h4-12H,3H2,1-2H3. The molecule has 0 spiro atoms. The van der Waals surface area contributed by atoms with Gasteiger partial charge in [0.1, 0.15) is 11.5 Å². The summed E-state index contributed by atoms with van der Waals surface area (Å²) in [6, 6.07) is 12.3. The molecule has 0 N–H and O–H groups in total. The fourth-order valence-corrected chi connectivity index (χ4v) is 2.97. The van der Waals surface area contributed by atoms with Crippen LogP contribution in [0.25, 0.3) is 11.0 Å². The molecule has 2 aromatic carbocycles. The molecule has 134 valence electrons. The third-order valence-electron chi connectivity index (χ3n) is 3.46. The number of fused-ring (bicyclic) bond motifs is 1. The van der Waals surface area contributed by atoms with Crippen molar-refractivity contribution in [3.63, 3.8) is 0 Å². The Hall–Kier alpha value is -2.31. The van der Waals surface area contributed by atoms with Crippen molar-refractivity contribution in [3.8, 4) is 17.4 Å². The molecule has 0 saturated heterocycles. The van der Waals surface area contributed by atoms with Gasteiger partial charge in [-0.3, -0.25) is 4.79 Å². The van der Waals surface area contributed by atoms with Crippen LogP contribution in [0.1, 0.15) is 13.8 Å². The van der Waals surface area contributed by atoms with Crippen molar-refractivity contribution in [1.82, 2.24) is 9.97 Å². The maximum atomic E-state index is 11.8. The minimum absolute atomic E-state index is 0.0133. The third kappa shape index (κ3) is 4.65. The van der Waals surface area contributed by atoms with Crippen molar-refractivity contribution in [2.24, 2.45) is 0 Å². The second-order valence-electron chi connectivity index (χ2n) is 5.43. The summed E-state index contributed by atoms with van der Waals surface area (Å²) in [7, 11) is 0. The lowest BCUT2D eigenvalue weighted by atomic mass is 10.3. The number of aromatic nitrogens is 2. The van der Waals surface area contributed by atoms with Crippen LogP contribution in [-0.2, 0) is 4.79 Å². The van der Waals surface area contributed by atoms with Gasteiger partial charge >= 0.3 is 0 Å². The zero-order valence-corrected chi connectivity index (χ0v) is 15.9. The molecule has 0 saturated carbocycles. The van der Waals surface area contributed by atoms with Crippen molar-refractivity contribution in [1.29, 1.82) is 0 Å². The van der Waals surface area contributed by atoms with Gasteiger partial charge in [-0.15, -0.1) is 0 Å². The third-order valence-corrected chi connectivity index (χ3v) is 4.60. The van der Waals surface area contributed by atoms with E-state index in [4.69, 9.17) is 21.1 Å². The van der Waals surface area contributed by atoms with Gasteiger partial charge in [0.15, 0.2) is 6.10 Å². The number of hydrogen-bond donors (Lipinski definition) is 0. The van der Waals surface area contributed by atoms with Crippen LogP contribution in [0.2, 0.25) is 5.02 Å². The molecular formula is C19H17ClN2O3S. The Morgan fingerprint density at radius 2 is 1.88 bits per heavy atom. The summed E-state index contributed by atoms with van der Waals surface area (Å²) in [6.07, 6.45) is 1.05. The lowest BCUT2D eigenvalue weighted by Gasteiger charge is -2.13. The second kappa shape index (κ2) is 8.38. The van der Waals surface area contributed by atoms with Crippen molar-refractivity contribution >= 4 is 39.5 Å². The van der Waals surface area contributed by atoms with Crippen LogP contribution in [0, 0.1) is 0 Å². The topological polar surface area (TPSA) is 61.3 Å². The molecule has 0 aliphatic heterocycles. The molecule has 1 aromatic heterocycles. The molecule has 0 fully saturated rings. The van der Waals surface area contributed by atoms with Gasteiger partial charge in [-0.1, -0.05) is 30.3 Å². The normalized spacial score (nSPS) is 12.0. The molecule has 0 aliphatic rings. The van der Waals surface area contributed by atoms with Gasteiger partial charge < -0.3 is 9.47 Å². The first kappa shape index (κ1) is 18.5. The fourth-order valence-electron chi connectivity index (χ4n) is 2.23. The van der Waals surface area contributed by atoms with E-state index in [0.717, 1.165) is 5.75 Å². The molecule has 0 radical (unpaired) electrons. The predicted molar refractivity (Wildman–Crippen MR) is 104 cm³/mol. The van der Waals surface area contributed by atoms with E-state index in [-0.39, 0.29) is 5.12 Å². The van der Waals surface area contributed by atoms with E-state index in [0.29, 0.717) is 33.4 Å². The van der Waals surface area contributed by atoms with Crippen LogP contribution in [0.5, 0.6) is 17.4 Å². The number of carbonyl (C=O) groups excluding carboxylic acids is 1. The summed E-state index contributed by atoms with van der Waals surface area (Å²) in [5.74, 6) is 2.32. The minimum atomic E-state index is -0.495. The van der Waals surface area contributed by atoms with Gasteiger partial charge in [0.2, 0.25) is 11.0 Å². The number of halogens is 1. The quantitative estimate of drug-likeness (QED) is 0.583. The molecule has 1 heterocycles. The Labute approximate surface area is 160 Å². The largest absolute Gasteiger partial charge is 0.482 e. The molecule has 0 bridgehead atoms. The average Bonchev–Trinajstić information content (AvgIpc) is 2.63. The highest BCUT2D eigenvalue weighted by molar-refractivity contribution is 8.13. The van der Waals surface area contributed by atoms with Crippen LogP contribution in [0.15, 0.2) is 48.7 Å². The van der Waals surface area contributed by atoms with Gasteiger partial charge in [0.05, 0.1) is 17.2 Å². The highest BCUT2D eigenvalue weighted by Gasteiger charge is 2.14. The summed E-state index contributed by atoms with van der Waals surface area (Å²) >= 11 is 7.20. The molecule has 1 atom stereocenters. The summed E-state index contributed by atoms with van der Waals surface area (Å²) in [5.41, 5.74) is 1.41. The maximum absolute atomic E-state index is 11.8. The Bertz CT molecular complexity index is 918. The van der Waals surface area contributed by atoms with Crippen molar-refractivity contribution in [2.75, 3.05) is 5.75 Å². The molecule has 3 aromatic rings. The first-order valence-electron chi connectivity index (χ1n) is 8.08. The van der Waals surface area contributed by atoms with E-state index in [9.17, 15) is 4.79 Å². The first-order chi connectivity index (χ1) is 12.5. The molecule has 5 nitrogen and oxygen atoms in total. The molecule has 3 rings (SSSR count). The number of ether oxygens (including phenoxy) is 2. The summed E-state index contributed by atoms with van der Waals surface area (Å²) in [6.45, 7) is 3.68. The smallest absolute Gasteiger partial charge is 0.238 e. The summed E-state index contributed by atoms with van der Waals surface area (Å²) in [4.78, 5) is 20.5. The van der Waals surface area contributed by atoms with Crippen LogP contribution in [0.4, 0.5) is 0 Å². The first-order valence-corrected chi connectivity index (χ1v) is 9.45. The second-order valence-corrected chi connectivity index (χ2v) is 7.13. The highest BCUT2D eigenvalue weighted by atomic mass is 35.5. The SMILES string of the molecule is CCSC(=O)C(C)Oc1ccc(Oc2cnc3cc(Cl)ccc3n2)cc1. The lowest BCUT2D eigenvalue weighted by molar-refractivity contribution is -0.116. The number of hydrogen-bond acceptors (Lipinski definition) is 6. The Balaban J connectivity index is 1.67. The Morgan fingerprint density at radius 3 is 2.62 bits per heavy atom. The van der Waals surface area contributed by atoms with E-state index in [2.05, 4.69) is 9.97 Å². The summed E-state index contributed by atoms with van der Waals surface area (Å²) < 4.78 is 11.4. The molecule has 0 aliphatic carbocycles. The van der Waals surface area contributed by atoms with Crippen molar-refractivity contribution in [2.45, 2.75) is 20.0 Å². The van der Waals surface area contributed by atoms with Gasteiger partial charge in [-0.2, -0.15) is 0 Å². The minimum Gasteiger partial charge on any atom is -0.482 e. The van der Waals surface area contributed by atoms with E-state index in [1.165, 1.54) is 11.8 Å². The summed E-state index contributed by atoms with van der Waals surface area (Å²) in [5, 5.41) is 0.625. The zero-order chi connectivity index (χ0) is 18.5. The van der Waals surface area contributed by atoms with E-state index in [1.54, 1.807) is 55.6 Å².